The number of nitrogens with two attached hydrogens (primary N) is 1. The molecule has 0 radical (unpaired) electrons. The summed E-state index contributed by atoms with van der Waals surface area (Å²) in [6, 6.07) is 8.28. The highest BCUT2D eigenvalue weighted by atomic mass is 16.5. The highest BCUT2D eigenvalue weighted by Crippen LogP contribution is 2.29. The number of ether oxygens (including phenoxy) is 1. The fourth-order valence-electron chi connectivity index (χ4n) is 2.69. The van der Waals surface area contributed by atoms with Gasteiger partial charge in [-0.25, -0.2) is 9.97 Å². The average molecular weight is 284 g/mol. The van der Waals surface area contributed by atoms with Crippen LogP contribution in [0.15, 0.2) is 30.6 Å². The number of nitrogens with zero attached hydrogens (tertiary/aromatic N) is 3. The maximum atomic E-state index is 6.06. The maximum Gasteiger partial charge on any atom is 0.152 e. The minimum Gasteiger partial charge on any atom is -0.382 e. The third-order valence-corrected chi connectivity index (χ3v) is 3.82. The van der Waals surface area contributed by atoms with Crippen LogP contribution in [0.3, 0.4) is 0 Å². The number of anilines is 1. The van der Waals surface area contributed by atoms with Crippen molar-refractivity contribution in [1.82, 2.24) is 14.5 Å². The Morgan fingerprint density at radius 2 is 2.10 bits per heavy atom. The monoisotopic (exact) mass is 284 g/mol. The molecule has 0 bridgehead atoms. The molecular weight excluding hydrogens is 264 g/mol. The normalized spacial score (nSPS) is 13.0. The zero-order valence-electron chi connectivity index (χ0n) is 12.4. The van der Waals surface area contributed by atoms with Gasteiger partial charge in [0, 0.05) is 12.0 Å². The molecule has 0 fully saturated rings. The van der Waals surface area contributed by atoms with E-state index in [0.29, 0.717) is 19.0 Å². The van der Waals surface area contributed by atoms with Gasteiger partial charge in [0.05, 0.1) is 30.0 Å². The number of hydrogen-bond donors (Lipinski definition) is 1. The lowest BCUT2D eigenvalue weighted by Gasteiger charge is -2.18. The largest absolute Gasteiger partial charge is 0.382 e. The van der Waals surface area contributed by atoms with E-state index in [1.54, 1.807) is 0 Å². The Morgan fingerprint density at radius 1 is 1.29 bits per heavy atom. The second kappa shape index (κ2) is 5.69. The van der Waals surface area contributed by atoms with Crippen molar-refractivity contribution in [2.24, 2.45) is 0 Å². The molecule has 21 heavy (non-hydrogen) atoms. The van der Waals surface area contributed by atoms with Crippen molar-refractivity contribution in [3.05, 3.63) is 30.6 Å². The van der Waals surface area contributed by atoms with Crippen molar-refractivity contribution in [2.75, 3.05) is 18.9 Å². The minimum atomic E-state index is 0.250. The molecule has 2 aromatic heterocycles. The van der Waals surface area contributed by atoms with Crippen LogP contribution in [0.2, 0.25) is 0 Å². The summed E-state index contributed by atoms with van der Waals surface area (Å²) in [4.78, 5) is 8.90. The number of pyridine rings is 1. The number of hydrogen-bond acceptors (Lipinski definition) is 4. The molecule has 0 saturated carbocycles. The summed E-state index contributed by atoms with van der Waals surface area (Å²) in [7, 11) is 0. The predicted molar refractivity (Wildman–Crippen MR) is 85.3 cm³/mol. The molecule has 3 rings (SSSR count). The number of aromatic nitrogens is 3. The molecule has 0 aliphatic carbocycles. The second-order valence-electron chi connectivity index (χ2n) is 5.08. The second-order valence-corrected chi connectivity index (χ2v) is 5.08. The molecule has 0 aliphatic heterocycles. The van der Waals surface area contributed by atoms with Gasteiger partial charge in [0.1, 0.15) is 5.52 Å². The number of rotatable bonds is 5. The molecule has 110 valence electrons. The Balaban J connectivity index is 2.23. The van der Waals surface area contributed by atoms with Gasteiger partial charge < -0.3 is 15.0 Å². The summed E-state index contributed by atoms with van der Waals surface area (Å²) in [6.45, 7) is 5.56. The molecule has 5 nitrogen and oxygen atoms in total. The van der Waals surface area contributed by atoms with E-state index in [0.717, 1.165) is 28.4 Å². The molecule has 0 aliphatic rings. The summed E-state index contributed by atoms with van der Waals surface area (Å²) in [6.07, 6.45) is 2.82. The highest BCUT2D eigenvalue weighted by Gasteiger charge is 2.17. The zero-order valence-corrected chi connectivity index (χ0v) is 12.4. The molecule has 2 heterocycles. The van der Waals surface area contributed by atoms with E-state index in [2.05, 4.69) is 27.5 Å². The van der Waals surface area contributed by atoms with Crippen LogP contribution in [0.4, 0.5) is 5.82 Å². The summed E-state index contributed by atoms with van der Waals surface area (Å²) in [5, 5.41) is 1.08. The third kappa shape index (κ3) is 2.34. The van der Waals surface area contributed by atoms with Crippen molar-refractivity contribution in [1.29, 1.82) is 0 Å². The summed E-state index contributed by atoms with van der Waals surface area (Å²) in [5.74, 6) is 0.480. The first-order valence-electron chi connectivity index (χ1n) is 7.34. The maximum absolute atomic E-state index is 6.06. The van der Waals surface area contributed by atoms with Gasteiger partial charge in [-0.3, -0.25) is 0 Å². The van der Waals surface area contributed by atoms with Gasteiger partial charge in [-0.15, -0.1) is 0 Å². The van der Waals surface area contributed by atoms with Crippen LogP contribution < -0.4 is 5.73 Å². The van der Waals surface area contributed by atoms with Crippen LogP contribution in [-0.2, 0) is 4.74 Å². The number of imidazole rings is 1. The van der Waals surface area contributed by atoms with Crippen molar-refractivity contribution >= 4 is 27.8 Å². The average Bonchev–Trinajstić information content (AvgIpc) is 2.94. The van der Waals surface area contributed by atoms with E-state index in [-0.39, 0.29) is 6.04 Å². The van der Waals surface area contributed by atoms with E-state index in [1.165, 1.54) is 0 Å². The topological polar surface area (TPSA) is 66.0 Å². The van der Waals surface area contributed by atoms with Crippen LogP contribution in [0.5, 0.6) is 0 Å². The Hall–Kier alpha value is -2.14. The number of fused-ring (bicyclic) bond motifs is 3. The molecule has 3 aromatic rings. The van der Waals surface area contributed by atoms with E-state index in [9.17, 15) is 0 Å². The molecular formula is C16H20N4O. The van der Waals surface area contributed by atoms with Crippen molar-refractivity contribution < 1.29 is 4.74 Å². The summed E-state index contributed by atoms with van der Waals surface area (Å²) in [5.41, 5.74) is 8.77. The summed E-state index contributed by atoms with van der Waals surface area (Å²) < 4.78 is 7.78. The van der Waals surface area contributed by atoms with Gasteiger partial charge in [-0.05, 0) is 19.4 Å². The Kier molecular flexibility index (Phi) is 3.75. The van der Waals surface area contributed by atoms with Crippen molar-refractivity contribution in [2.45, 2.75) is 26.3 Å². The zero-order chi connectivity index (χ0) is 14.8. The van der Waals surface area contributed by atoms with Gasteiger partial charge in [0.25, 0.3) is 0 Å². The highest BCUT2D eigenvalue weighted by molar-refractivity contribution is 6.06. The predicted octanol–water partition coefficient (Wildman–Crippen LogP) is 3.15. The Morgan fingerprint density at radius 3 is 2.86 bits per heavy atom. The lowest BCUT2D eigenvalue weighted by atomic mass is 10.1. The van der Waals surface area contributed by atoms with Crippen LogP contribution in [-0.4, -0.2) is 27.7 Å². The number of para-hydroxylation sites is 1. The molecule has 0 unspecified atom stereocenters. The van der Waals surface area contributed by atoms with Crippen LogP contribution in [0.1, 0.15) is 26.3 Å². The fraction of sp³-hybridized carbons (Fsp3) is 0.375. The van der Waals surface area contributed by atoms with E-state index < -0.39 is 0 Å². The fourth-order valence-corrected chi connectivity index (χ4v) is 2.69. The molecule has 0 saturated heterocycles. The minimum absolute atomic E-state index is 0.250. The van der Waals surface area contributed by atoms with Crippen molar-refractivity contribution in [3.63, 3.8) is 0 Å². The summed E-state index contributed by atoms with van der Waals surface area (Å²) >= 11 is 0. The van der Waals surface area contributed by atoms with Gasteiger partial charge in [-0.2, -0.15) is 0 Å². The SMILES string of the molecule is CCOC[C@@H](CC)n1cnc2c(N)nc3ccccc3c21. The Labute approximate surface area is 123 Å². The number of nitrogen functional groups attached to an aromatic ring is 1. The smallest absolute Gasteiger partial charge is 0.152 e. The first kappa shape index (κ1) is 13.8. The van der Waals surface area contributed by atoms with Gasteiger partial charge in [-0.1, -0.05) is 25.1 Å². The van der Waals surface area contributed by atoms with Crippen LogP contribution in [0, 0.1) is 0 Å². The van der Waals surface area contributed by atoms with Gasteiger partial charge in [0.15, 0.2) is 5.82 Å². The molecule has 2 N–H and O–H groups in total. The molecule has 5 heteroatoms. The Bertz CT molecular complexity index is 765. The number of benzene rings is 1. The lowest BCUT2D eigenvalue weighted by molar-refractivity contribution is 0.113. The molecule has 1 atom stereocenters. The molecule has 0 spiro atoms. The van der Waals surface area contributed by atoms with Gasteiger partial charge >= 0.3 is 0 Å². The van der Waals surface area contributed by atoms with E-state index in [4.69, 9.17) is 10.5 Å². The van der Waals surface area contributed by atoms with E-state index in [1.807, 2.05) is 31.5 Å². The lowest BCUT2D eigenvalue weighted by Crippen LogP contribution is -2.14. The molecule has 1 aromatic carbocycles. The third-order valence-electron chi connectivity index (χ3n) is 3.82. The van der Waals surface area contributed by atoms with Gasteiger partial charge in [0.2, 0.25) is 0 Å². The molecule has 0 amide bonds. The first-order valence-corrected chi connectivity index (χ1v) is 7.34. The first-order chi connectivity index (χ1) is 10.3. The standard InChI is InChI=1S/C16H20N4O/c1-3-11(9-21-4-2)20-10-18-14-15(20)12-7-5-6-8-13(12)19-16(14)17/h5-8,10-11H,3-4,9H2,1-2H3,(H2,17,19)/t11-/m1/s1. The van der Waals surface area contributed by atoms with Crippen LogP contribution in [0.25, 0.3) is 21.9 Å². The van der Waals surface area contributed by atoms with E-state index >= 15 is 0 Å². The van der Waals surface area contributed by atoms with Crippen molar-refractivity contribution in [3.8, 4) is 0 Å². The quantitative estimate of drug-likeness (QED) is 0.781. The van der Waals surface area contributed by atoms with Crippen LogP contribution >= 0.6 is 0 Å².